The number of rotatable bonds is 4. The fourth-order valence-electron chi connectivity index (χ4n) is 1.76. The smallest absolute Gasteiger partial charge is 0.275 e. The summed E-state index contributed by atoms with van der Waals surface area (Å²) in [6.07, 6.45) is 0. The van der Waals surface area contributed by atoms with Crippen molar-refractivity contribution in [2.24, 2.45) is 5.10 Å². The first kappa shape index (κ1) is 15.2. The van der Waals surface area contributed by atoms with E-state index in [1.54, 1.807) is 6.92 Å². The molecule has 0 saturated carbocycles. The zero-order valence-corrected chi connectivity index (χ0v) is 11.7. The van der Waals surface area contributed by atoms with Gasteiger partial charge in [0.15, 0.2) is 0 Å². The van der Waals surface area contributed by atoms with Crippen LogP contribution in [-0.2, 0) is 0 Å². The van der Waals surface area contributed by atoms with Crippen LogP contribution in [0.15, 0.2) is 53.6 Å². The van der Waals surface area contributed by atoms with E-state index in [0.29, 0.717) is 5.71 Å². The number of nitro groups is 1. The monoisotopic (exact) mass is 299 g/mol. The molecule has 1 amide bonds. The summed E-state index contributed by atoms with van der Waals surface area (Å²) < 4.78 is 0. The molecule has 112 valence electrons. The van der Waals surface area contributed by atoms with Gasteiger partial charge < -0.3 is 5.11 Å². The van der Waals surface area contributed by atoms with Crippen molar-refractivity contribution in [1.82, 2.24) is 5.43 Å². The molecular formula is C15H13N3O4. The van der Waals surface area contributed by atoms with Crippen molar-refractivity contribution in [3.8, 4) is 5.75 Å². The molecule has 0 aromatic heterocycles. The number of carbonyl (C=O) groups is 1. The average molecular weight is 299 g/mol. The van der Waals surface area contributed by atoms with Crippen LogP contribution in [0.25, 0.3) is 0 Å². The molecule has 0 spiro atoms. The molecule has 22 heavy (non-hydrogen) atoms. The van der Waals surface area contributed by atoms with Gasteiger partial charge in [0.25, 0.3) is 11.6 Å². The zero-order chi connectivity index (χ0) is 16.1. The quantitative estimate of drug-likeness (QED) is 0.514. The molecule has 2 rings (SSSR count). The number of phenolic OH excluding ortho intramolecular Hbond substituents is 1. The number of hydrazone groups is 1. The lowest BCUT2D eigenvalue weighted by molar-refractivity contribution is -0.384. The summed E-state index contributed by atoms with van der Waals surface area (Å²) in [7, 11) is 0. The van der Waals surface area contributed by atoms with Crippen molar-refractivity contribution in [2.45, 2.75) is 6.92 Å². The first-order chi connectivity index (χ1) is 10.5. The van der Waals surface area contributed by atoms with Crippen molar-refractivity contribution in [1.29, 1.82) is 0 Å². The number of amides is 1. The zero-order valence-electron chi connectivity index (χ0n) is 11.7. The number of hydrogen-bond acceptors (Lipinski definition) is 5. The maximum atomic E-state index is 12.0. The molecular weight excluding hydrogens is 286 g/mol. The summed E-state index contributed by atoms with van der Waals surface area (Å²) in [6, 6.07) is 12.4. The van der Waals surface area contributed by atoms with Crippen LogP contribution >= 0.6 is 0 Å². The lowest BCUT2D eigenvalue weighted by Gasteiger charge is -2.04. The number of nitrogens with zero attached hydrogens (tertiary/aromatic N) is 2. The Kier molecular flexibility index (Phi) is 4.47. The van der Waals surface area contributed by atoms with Gasteiger partial charge in [-0.05, 0) is 18.6 Å². The first-order valence-corrected chi connectivity index (χ1v) is 6.36. The summed E-state index contributed by atoms with van der Waals surface area (Å²) >= 11 is 0. The van der Waals surface area contributed by atoms with Crippen molar-refractivity contribution in [3.05, 3.63) is 69.8 Å². The maximum absolute atomic E-state index is 12.0. The molecule has 0 saturated heterocycles. The van der Waals surface area contributed by atoms with E-state index in [4.69, 9.17) is 0 Å². The number of carbonyl (C=O) groups excluding carboxylic acids is 1. The lowest BCUT2D eigenvalue weighted by atomic mass is 10.1. The van der Waals surface area contributed by atoms with Gasteiger partial charge in [0, 0.05) is 12.1 Å². The number of benzene rings is 2. The highest BCUT2D eigenvalue weighted by atomic mass is 16.6. The lowest BCUT2D eigenvalue weighted by Crippen LogP contribution is -2.19. The molecule has 0 bridgehead atoms. The Hall–Kier alpha value is -3.22. The second-order valence-corrected chi connectivity index (χ2v) is 4.46. The van der Waals surface area contributed by atoms with Crippen molar-refractivity contribution in [2.75, 3.05) is 0 Å². The summed E-state index contributed by atoms with van der Waals surface area (Å²) in [5.41, 5.74) is 3.17. The minimum Gasteiger partial charge on any atom is -0.507 e. The van der Waals surface area contributed by atoms with Gasteiger partial charge in [0.1, 0.15) is 5.75 Å². The minimum absolute atomic E-state index is 0.209. The highest BCUT2D eigenvalue weighted by Gasteiger charge is 2.16. The van der Waals surface area contributed by atoms with Crippen LogP contribution in [-0.4, -0.2) is 21.6 Å². The van der Waals surface area contributed by atoms with Gasteiger partial charge in [-0.3, -0.25) is 14.9 Å². The highest BCUT2D eigenvalue weighted by Crippen LogP contribution is 2.22. The van der Waals surface area contributed by atoms with Gasteiger partial charge in [0.05, 0.1) is 16.2 Å². The number of aromatic hydroxyl groups is 1. The summed E-state index contributed by atoms with van der Waals surface area (Å²) in [6.45, 7) is 1.71. The van der Waals surface area contributed by atoms with E-state index < -0.39 is 10.8 Å². The van der Waals surface area contributed by atoms with Crippen LogP contribution in [0.2, 0.25) is 0 Å². The van der Waals surface area contributed by atoms with Crippen LogP contribution in [0.3, 0.4) is 0 Å². The third kappa shape index (κ3) is 3.45. The molecule has 2 N–H and O–H groups in total. The second-order valence-electron chi connectivity index (χ2n) is 4.46. The molecule has 0 atom stereocenters. The average Bonchev–Trinajstić information content (AvgIpc) is 2.53. The third-order valence-electron chi connectivity index (χ3n) is 2.95. The van der Waals surface area contributed by atoms with Gasteiger partial charge >= 0.3 is 0 Å². The normalized spacial score (nSPS) is 11.0. The minimum atomic E-state index is -0.725. The van der Waals surface area contributed by atoms with E-state index in [1.807, 2.05) is 30.3 Å². The van der Waals surface area contributed by atoms with Gasteiger partial charge in [-0.2, -0.15) is 5.10 Å². The van der Waals surface area contributed by atoms with Crippen LogP contribution in [0.1, 0.15) is 22.8 Å². The summed E-state index contributed by atoms with van der Waals surface area (Å²) in [5.74, 6) is -1.08. The SMILES string of the molecule is C/C(=N/NC(=O)c1cc([N+](=O)[O-])ccc1O)c1ccccc1. The van der Waals surface area contributed by atoms with E-state index in [9.17, 15) is 20.0 Å². The van der Waals surface area contributed by atoms with Crippen molar-refractivity contribution >= 4 is 17.3 Å². The number of nitrogens with one attached hydrogen (secondary N) is 1. The van der Waals surface area contributed by atoms with Crippen LogP contribution in [0, 0.1) is 10.1 Å². The Morgan fingerprint density at radius 1 is 1.23 bits per heavy atom. The second kappa shape index (κ2) is 6.49. The fourth-order valence-corrected chi connectivity index (χ4v) is 1.76. The molecule has 2 aromatic carbocycles. The standard InChI is InChI=1S/C15H13N3O4/c1-10(11-5-3-2-4-6-11)16-17-15(20)13-9-12(18(21)22)7-8-14(13)19/h2-9,19H,1H3,(H,17,20)/b16-10-. The molecule has 2 aromatic rings. The maximum Gasteiger partial charge on any atom is 0.275 e. The predicted octanol–water partition coefficient (Wildman–Crippen LogP) is 2.45. The molecule has 0 aliphatic carbocycles. The number of hydrogen-bond donors (Lipinski definition) is 2. The Morgan fingerprint density at radius 3 is 2.55 bits per heavy atom. The number of nitro benzene ring substituents is 1. The number of non-ortho nitro benzene ring substituents is 1. The molecule has 7 nitrogen and oxygen atoms in total. The van der Waals surface area contributed by atoms with E-state index >= 15 is 0 Å². The molecule has 7 heteroatoms. The van der Waals surface area contributed by atoms with Gasteiger partial charge in [-0.15, -0.1) is 0 Å². The molecule has 0 unspecified atom stereocenters. The fraction of sp³-hybridized carbons (Fsp3) is 0.0667. The first-order valence-electron chi connectivity index (χ1n) is 6.36. The Balaban J connectivity index is 2.19. The predicted molar refractivity (Wildman–Crippen MR) is 80.9 cm³/mol. The Morgan fingerprint density at radius 2 is 1.91 bits per heavy atom. The van der Waals surface area contributed by atoms with Crippen LogP contribution in [0.5, 0.6) is 5.75 Å². The molecule has 0 fully saturated rings. The molecule has 0 heterocycles. The van der Waals surface area contributed by atoms with Gasteiger partial charge in [-0.1, -0.05) is 30.3 Å². The van der Waals surface area contributed by atoms with Gasteiger partial charge in [-0.25, -0.2) is 5.43 Å². The van der Waals surface area contributed by atoms with Crippen LogP contribution in [0.4, 0.5) is 5.69 Å². The van der Waals surface area contributed by atoms with E-state index in [2.05, 4.69) is 10.5 Å². The van der Waals surface area contributed by atoms with Crippen molar-refractivity contribution < 1.29 is 14.8 Å². The molecule has 0 aliphatic heterocycles. The van der Waals surface area contributed by atoms with E-state index in [-0.39, 0.29) is 17.0 Å². The topological polar surface area (TPSA) is 105 Å². The molecule has 0 radical (unpaired) electrons. The highest BCUT2D eigenvalue weighted by molar-refractivity contribution is 6.01. The van der Waals surface area contributed by atoms with Gasteiger partial charge in [0.2, 0.25) is 0 Å². The molecule has 0 aliphatic rings. The summed E-state index contributed by atoms with van der Waals surface area (Å²) in [4.78, 5) is 22.0. The van der Waals surface area contributed by atoms with E-state index in [0.717, 1.165) is 23.8 Å². The third-order valence-corrected chi connectivity index (χ3v) is 2.95. The summed E-state index contributed by atoms with van der Waals surface area (Å²) in [5, 5.41) is 24.3. The van der Waals surface area contributed by atoms with E-state index in [1.165, 1.54) is 0 Å². The Bertz CT molecular complexity index is 742. The Labute approximate surface area is 126 Å². The largest absolute Gasteiger partial charge is 0.507 e. The van der Waals surface area contributed by atoms with Crippen molar-refractivity contribution in [3.63, 3.8) is 0 Å². The number of phenols is 1. The van der Waals surface area contributed by atoms with Crippen LogP contribution < -0.4 is 5.43 Å².